The predicted molar refractivity (Wildman–Crippen MR) is 118 cm³/mol. The van der Waals surface area contributed by atoms with Gasteiger partial charge in [0.1, 0.15) is 19.3 Å². The molecule has 2 aromatic rings. The zero-order chi connectivity index (χ0) is 21.2. The van der Waals surface area contributed by atoms with Crippen molar-refractivity contribution in [1.29, 1.82) is 0 Å². The Balaban J connectivity index is 1.45. The monoisotopic (exact) mass is 425 g/mol. The molecular formula is C24H31N3O4. The number of ether oxygens (including phenoxy) is 4. The molecule has 1 saturated heterocycles. The summed E-state index contributed by atoms with van der Waals surface area (Å²) >= 11 is 0. The molecule has 3 heterocycles. The topological polar surface area (TPSA) is 74.7 Å². The molecule has 0 spiro atoms. The summed E-state index contributed by atoms with van der Waals surface area (Å²) in [5.41, 5.74) is 1.79. The summed E-state index contributed by atoms with van der Waals surface area (Å²) in [5.74, 6) is 3.91. The van der Waals surface area contributed by atoms with E-state index in [1.807, 2.05) is 24.4 Å². The van der Waals surface area contributed by atoms with E-state index in [-0.39, 0.29) is 6.10 Å². The fourth-order valence-corrected chi connectivity index (χ4v) is 4.81. The quantitative estimate of drug-likeness (QED) is 0.765. The normalized spacial score (nSPS) is 27.7. The Hall–Kier alpha value is -2.54. The van der Waals surface area contributed by atoms with Crippen LogP contribution in [0.4, 0.5) is 5.95 Å². The van der Waals surface area contributed by atoms with Crippen molar-refractivity contribution in [3.05, 3.63) is 24.4 Å². The molecule has 3 unspecified atom stereocenters. The van der Waals surface area contributed by atoms with E-state index < -0.39 is 0 Å². The average Bonchev–Trinajstić information content (AvgIpc) is 3.29. The smallest absolute Gasteiger partial charge is 0.226 e. The van der Waals surface area contributed by atoms with Crippen LogP contribution >= 0.6 is 0 Å². The first-order chi connectivity index (χ1) is 15.2. The van der Waals surface area contributed by atoms with Gasteiger partial charge in [-0.3, -0.25) is 0 Å². The van der Waals surface area contributed by atoms with Crippen molar-refractivity contribution in [3.63, 3.8) is 0 Å². The van der Waals surface area contributed by atoms with Crippen molar-refractivity contribution < 1.29 is 18.9 Å². The van der Waals surface area contributed by atoms with Crippen LogP contribution in [0.25, 0.3) is 11.1 Å². The van der Waals surface area contributed by atoms with Crippen LogP contribution < -0.4 is 19.5 Å². The number of aromatic nitrogens is 2. The minimum absolute atomic E-state index is 0.00578. The Morgan fingerprint density at radius 2 is 1.81 bits per heavy atom. The summed E-state index contributed by atoms with van der Waals surface area (Å²) < 4.78 is 23.2. The van der Waals surface area contributed by atoms with Crippen molar-refractivity contribution in [1.82, 2.24) is 9.97 Å². The Kier molecular flexibility index (Phi) is 5.85. The molecule has 2 aliphatic heterocycles. The summed E-state index contributed by atoms with van der Waals surface area (Å²) in [7, 11) is 0. The highest BCUT2D eigenvalue weighted by Gasteiger charge is 2.29. The summed E-state index contributed by atoms with van der Waals surface area (Å²) in [4.78, 5) is 9.48. The van der Waals surface area contributed by atoms with Crippen LogP contribution in [-0.2, 0) is 4.74 Å². The van der Waals surface area contributed by atoms with Crippen molar-refractivity contribution in [2.24, 2.45) is 11.8 Å². The lowest BCUT2D eigenvalue weighted by Gasteiger charge is -2.35. The van der Waals surface area contributed by atoms with Crippen LogP contribution in [0.3, 0.4) is 0 Å². The first-order valence-electron chi connectivity index (χ1n) is 11.5. The molecule has 1 aromatic heterocycles. The molecule has 1 N–H and O–H groups in total. The van der Waals surface area contributed by atoms with Gasteiger partial charge in [0.05, 0.1) is 18.8 Å². The molecule has 7 heteroatoms. The van der Waals surface area contributed by atoms with E-state index in [0.29, 0.717) is 49.5 Å². The standard InChI is InChI=1S/C24H31N3O4/c1-15-4-3-5-16(2)22(15)26-24-25-13-19(23(27-24)31-18-8-9-28-14-18)17-6-7-20-21(12-17)30-11-10-29-20/h6-7,12-13,15-16,18,22H,3-5,8-11,14H2,1-2H3,(H,25,26,27). The van der Waals surface area contributed by atoms with Crippen LogP contribution in [0.2, 0.25) is 0 Å². The molecule has 2 fully saturated rings. The van der Waals surface area contributed by atoms with E-state index in [0.717, 1.165) is 35.7 Å². The molecule has 0 radical (unpaired) electrons. The van der Waals surface area contributed by atoms with Crippen LogP contribution in [0, 0.1) is 11.8 Å². The number of fused-ring (bicyclic) bond motifs is 1. The number of nitrogens with zero attached hydrogens (tertiary/aromatic N) is 2. The highest BCUT2D eigenvalue weighted by atomic mass is 16.6. The van der Waals surface area contributed by atoms with Gasteiger partial charge < -0.3 is 24.3 Å². The van der Waals surface area contributed by atoms with Gasteiger partial charge in [-0.2, -0.15) is 4.98 Å². The molecule has 1 saturated carbocycles. The SMILES string of the molecule is CC1CCCC(C)C1Nc1ncc(-c2ccc3c(c2)OCCO3)c(OC2CCOC2)n1. The van der Waals surface area contributed by atoms with Gasteiger partial charge in [0.25, 0.3) is 0 Å². The third kappa shape index (κ3) is 4.42. The number of anilines is 1. The number of rotatable bonds is 5. The molecule has 31 heavy (non-hydrogen) atoms. The minimum Gasteiger partial charge on any atom is -0.486 e. The van der Waals surface area contributed by atoms with Gasteiger partial charge in [0.2, 0.25) is 11.8 Å². The van der Waals surface area contributed by atoms with Crippen molar-refractivity contribution in [3.8, 4) is 28.5 Å². The summed E-state index contributed by atoms with van der Waals surface area (Å²) in [6.07, 6.45) is 6.49. The third-order valence-corrected chi connectivity index (χ3v) is 6.61. The van der Waals surface area contributed by atoms with Gasteiger partial charge in [0.15, 0.2) is 11.5 Å². The first-order valence-corrected chi connectivity index (χ1v) is 11.5. The van der Waals surface area contributed by atoms with Gasteiger partial charge in [-0.25, -0.2) is 4.98 Å². The lowest BCUT2D eigenvalue weighted by Crippen LogP contribution is -2.37. The Morgan fingerprint density at radius 3 is 2.58 bits per heavy atom. The van der Waals surface area contributed by atoms with Gasteiger partial charge in [0, 0.05) is 18.7 Å². The predicted octanol–water partition coefficient (Wildman–Crippen LogP) is 4.32. The van der Waals surface area contributed by atoms with Gasteiger partial charge in [-0.15, -0.1) is 0 Å². The molecule has 3 aliphatic rings. The van der Waals surface area contributed by atoms with Crippen LogP contribution in [0.1, 0.15) is 39.5 Å². The minimum atomic E-state index is 0.00578. The number of hydrogen-bond donors (Lipinski definition) is 1. The van der Waals surface area contributed by atoms with Gasteiger partial charge in [-0.05, 0) is 42.4 Å². The summed E-state index contributed by atoms with van der Waals surface area (Å²) in [6, 6.07) is 6.28. The largest absolute Gasteiger partial charge is 0.486 e. The zero-order valence-electron chi connectivity index (χ0n) is 18.3. The van der Waals surface area contributed by atoms with Crippen LogP contribution in [0.5, 0.6) is 17.4 Å². The van der Waals surface area contributed by atoms with Crippen molar-refractivity contribution in [2.45, 2.75) is 51.7 Å². The summed E-state index contributed by atoms with van der Waals surface area (Å²) in [5, 5.41) is 3.60. The van der Waals surface area contributed by atoms with Gasteiger partial charge >= 0.3 is 0 Å². The van der Waals surface area contributed by atoms with E-state index in [9.17, 15) is 0 Å². The highest BCUT2D eigenvalue weighted by Crippen LogP contribution is 2.38. The van der Waals surface area contributed by atoms with E-state index >= 15 is 0 Å². The fourth-order valence-electron chi connectivity index (χ4n) is 4.81. The molecule has 1 aliphatic carbocycles. The average molecular weight is 426 g/mol. The number of hydrogen-bond acceptors (Lipinski definition) is 7. The molecular weight excluding hydrogens is 394 g/mol. The van der Waals surface area contributed by atoms with E-state index in [2.05, 4.69) is 24.1 Å². The Morgan fingerprint density at radius 1 is 1.00 bits per heavy atom. The molecule has 7 nitrogen and oxygen atoms in total. The fraction of sp³-hybridized carbons (Fsp3) is 0.583. The van der Waals surface area contributed by atoms with Crippen molar-refractivity contribution >= 4 is 5.95 Å². The highest BCUT2D eigenvalue weighted by molar-refractivity contribution is 5.71. The maximum Gasteiger partial charge on any atom is 0.226 e. The van der Waals surface area contributed by atoms with Crippen LogP contribution in [0.15, 0.2) is 24.4 Å². The molecule has 1 aromatic carbocycles. The van der Waals surface area contributed by atoms with Crippen molar-refractivity contribution in [2.75, 3.05) is 31.7 Å². The Bertz CT molecular complexity index is 906. The van der Waals surface area contributed by atoms with Gasteiger partial charge in [-0.1, -0.05) is 26.3 Å². The second-order valence-electron chi connectivity index (χ2n) is 8.93. The van der Waals surface area contributed by atoms with Crippen LogP contribution in [-0.4, -0.2) is 48.5 Å². The second kappa shape index (κ2) is 8.91. The second-order valence-corrected chi connectivity index (χ2v) is 8.93. The molecule has 166 valence electrons. The maximum absolute atomic E-state index is 6.30. The maximum atomic E-state index is 6.30. The Labute approximate surface area is 183 Å². The zero-order valence-corrected chi connectivity index (χ0v) is 18.3. The third-order valence-electron chi connectivity index (χ3n) is 6.61. The number of benzene rings is 1. The molecule has 3 atom stereocenters. The van der Waals surface area contributed by atoms with E-state index in [1.54, 1.807) is 0 Å². The molecule has 0 bridgehead atoms. The lowest BCUT2D eigenvalue weighted by molar-refractivity contribution is 0.138. The van der Waals surface area contributed by atoms with E-state index in [4.69, 9.17) is 23.9 Å². The number of nitrogens with one attached hydrogen (secondary N) is 1. The molecule has 0 amide bonds. The van der Waals surface area contributed by atoms with E-state index in [1.165, 1.54) is 19.3 Å². The first kappa shape index (κ1) is 20.4. The molecule has 5 rings (SSSR count). The summed E-state index contributed by atoms with van der Waals surface area (Å²) in [6.45, 7) is 7.05. The lowest BCUT2D eigenvalue weighted by atomic mass is 9.79.